The second-order valence-corrected chi connectivity index (χ2v) is 10.1. The maximum Gasteiger partial charge on any atom is 0.260 e. The number of ether oxygens (including phenoxy) is 2. The van der Waals surface area contributed by atoms with Crippen LogP contribution in [-0.4, -0.2) is 35.1 Å². The van der Waals surface area contributed by atoms with E-state index in [0.29, 0.717) is 30.3 Å². The summed E-state index contributed by atoms with van der Waals surface area (Å²) in [7, 11) is 3.35. The van der Waals surface area contributed by atoms with E-state index in [9.17, 15) is 4.79 Å². The average molecular weight is 476 g/mol. The van der Waals surface area contributed by atoms with Crippen molar-refractivity contribution in [2.45, 2.75) is 45.8 Å². The molecule has 0 atom stereocenters. The van der Waals surface area contributed by atoms with Crippen LogP contribution in [0, 0.1) is 13.8 Å². The minimum atomic E-state index is -0.0744. The summed E-state index contributed by atoms with van der Waals surface area (Å²) < 4.78 is 11.0. The fraction of sp³-hybridized carbons (Fsp3) is 0.333. The SMILES string of the molecule is COc1ccc(OC)c(CN(Cc2nc3sc(C)c(-c4ccc(C)cc4)c3c(=O)[nH]2)C2CC2)c1. The van der Waals surface area contributed by atoms with Crippen LogP contribution in [0.4, 0.5) is 0 Å². The summed E-state index contributed by atoms with van der Waals surface area (Å²) >= 11 is 1.59. The minimum Gasteiger partial charge on any atom is -0.497 e. The first-order valence-corrected chi connectivity index (χ1v) is 12.3. The molecule has 1 N–H and O–H groups in total. The van der Waals surface area contributed by atoms with Crippen molar-refractivity contribution in [1.29, 1.82) is 0 Å². The zero-order chi connectivity index (χ0) is 23.8. The van der Waals surface area contributed by atoms with E-state index in [4.69, 9.17) is 14.5 Å². The highest BCUT2D eigenvalue weighted by molar-refractivity contribution is 7.19. The van der Waals surface area contributed by atoms with Crippen molar-refractivity contribution in [3.05, 3.63) is 74.6 Å². The van der Waals surface area contributed by atoms with Gasteiger partial charge in [0.25, 0.3) is 5.56 Å². The van der Waals surface area contributed by atoms with Crippen LogP contribution in [0.25, 0.3) is 21.3 Å². The number of hydrogen-bond acceptors (Lipinski definition) is 6. The third-order valence-corrected chi connectivity index (χ3v) is 7.40. The van der Waals surface area contributed by atoms with Crippen LogP contribution < -0.4 is 15.0 Å². The monoisotopic (exact) mass is 475 g/mol. The van der Waals surface area contributed by atoms with E-state index in [1.54, 1.807) is 25.6 Å². The molecule has 0 amide bonds. The molecule has 4 aromatic rings. The molecule has 2 heterocycles. The van der Waals surface area contributed by atoms with Crippen molar-refractivity contribution >= 4 is 21.6 Å². The molecule has 0 spiro atoms. The number of aromatic amines is 1. The van der Waals surface area contributed by atoms with Gasteiger partial charge in [-0.25, -0.2) is 4.98 Å². The van der Waals surface area contributed by atoms with E-state index < -0.39 is 0 Å². The number of thiophene rings is 1. The molecule has 6 nitrogen and oxygen atoms in total. The van der Waals surface area contributed by atoms with Crippen LogP contribution in [0.3, 0.4) is 0 Å². The lowest BCUT2D eigenvalue weighted by atomic mass is 10.0. The summed E-state index contributed by atoms with van der Waals surface area (Å²) in [6.45, 7) is 5.40. The number of benzene rings is 2. The smallest absolute Gasteiger partial charge is 0.260 e. The molecular weight excluding hydrogens is 446 g/mol. The van der Waals surface area contributed by atoms with Crippen molar-refractivity contribution in [3.8, 4) is 22.6 Å². The standard InChI is InChI=1S/C27H29N3O3S/c1-16-5-7-18(8-6-16)24-17(2)34-27-25(24)26(31)28-23(29-27)15-30(20-9-10-20)14-19-13-21(32-3)11-12-22(19)33-4/h5-8,11-13,20H,9-10,14-15H2,1-4H3,(H,28,29,31). The van der Waals surface area contributed by atoms with Gasteiger partial charge >= 0.3 is 0 Å². The Kier molecular flexibility index (Phi) is 6.15. The van der Waals surface area contributed by atoms with Gasteiger partial charge in [0.1, 0.15) is 22.2 Å². The Hall–Kier alpha value is -3.16. The summed E-state index contributed by atoms with van der Waals surface area (Å²) in [5.41, 5.74) is 4.23. The highest BCUT2D eigenvalue weighted by Crippen LogP contribution is 2.36. The largest absolute Gasteiger partial charge is 0.497 e. The average Bonchev–Trinajstić information content (AvgIpc) is 3.62. The van der Waals surface area contributed by atoms with Crippen LogP contribution >= 0.6 is 11.3 Å². The molecule has 1 aliphatic carbocycles. The molecule has 0 bridgehead atoms. The van der Waals surface area contributed by atoms with Gasteiger partial charge in [0, 0.05) is 28.6 Å². The molecule has 7 heteroatoms. The summed E-state index contributed by atoms with van der Waals surface area (Å²) in [4.78, 5) is 25.5. The first-order valence-electron chi connectivity index (χ1n) is 11.5. The number of hydrogen-bond donors (Lipinski definition) is 1. The molecule has 176 valence electrons. The first-order chi connectivity index (χ1) is 16.5. The predicted octanol–water partition coefficient (Wildman–Crippen LogP) is 5.45. The number of aryl methyl sites for hydroxylation is 2. The minimum absolute atomic E-state index is 0.0744. The second-order valence-electron chi connectivity index (χ2n) is 8.91. The lowest BCUT2D eigenvalue weighted by molar-refractivity contribution is 0.235. The van der Waals surface area contributed by atoms with Gasteiger partial charge in [0.15, 0.2) is 0 Å². The van der Waals surface area contributed by atoms with Crippen molar-refractivity contribution in [3.63, 3.8) is 0 Å². The number of aromatic nitrogens is 2. The van der Waals surface area contributed by atoms with Crippen LogP contribution in [0.2, 0.25) is 0 Å². The Morgan fingerprint density at radius 1 is 1.06 bits per heavy atom. The van der Waals surface area contributed by atoms with Crippen LogP contribution in [0.15, 0.2) is 47.3 Å². The van der Waals surface area contributed by atoms with E-state index >= 15 is 0 Å². The fourth-order valence-corrected chi connectivity index (χ4v) is 5.54. The van der Waals surface area contributed by atoms with Crippen molar-refractivity contribution in [2.75, 3.05) is 14.2 Å². The Bertz CT molecular complexity index is 1390. The molecule has 0 radical (unpaired) electrons. The predicted molar refractivity (Wildman–Crippen MR) is 137 cm³/mol. The zero-order valence-electron chi connectivity index (χ0n) is 20.0. The molecule has 1 fully saturated rings. The lowest BCUT2D eigenvalue weighted by Gasteiger charge is -2.23. The number of fused-ring (bicyclic) bond motifs is 1. The van der Waals surface area contributed by atoms with Gasteiger partial charge in [0.2, 0.25) is 0 Å². The maximum atomic E-state index is 13.2. The molecule has 1 aliphatic rings. The van der Waals surface area contributed by atoms with Gasteiger partial charge < -0.3 is 14.5 Å². The summed E-state index contributed by atoms with van der Waals surface area (Å²) in [5.74, 6) is 2.33. The molecule has 0 saturated heterocycles. The number of nitrogens with zero attached hydrogens (tertiary/aromatic N) is 2. The lowest BCUT2D eigenvalue weighted by Crippen LogP contribution is -2.27. The zero-order valence-corrected chi connectivity index (χ0v) is 20.8. The number of H-pyrrole nitrogens is 1. The van der Waals surface area contributed by atoms with E-state index in [-0.39, 0.29) is 5.56 Å². The maximum absolute atomic E-state index is 13.2. The summed E-state index contributed by atoms with van der Waals surface area (Å²) in [6.07, 6.45) is 2.29. The highest BCUT2D eigenvalue weighted by atomic mass is 32.1. The van der Waals surface area contributed by atoms with Crippen molar-refractivity contribution < 1.29 is 9.47 Å². The molecular formula is C27H29N3O3S. The Morgan fingerprint density at radius 3 is 2.50 bits per heavy atom. The van der Waals surface area contributed by atoms with Crippen LogP contribution in [0.5, 0.6) is 11.5 Å². The summed E-state index contributed by atoms with van der Waals surface area (Å²) in [6, 6.07) is 14.6. The van der Waals surface area contributed by atoms with Gasteiger partial charge in [-0.1, -0.05) is 29.8 Å². The number of methoxy groups -OCH3 is 2. The van der Waals surface area contributed by atoms with Crippen LogP contribution in [0.1, 0.15) is 34.7 Å². The third-order valence-electron chi connectivity index (χ3n) is 6.40. The van der Waals surface area contributed by atoms with Crippen LogP contribution in [-0.2, 0) is 13.1 Å². The van der Waals surface area contributed by atoms with E-state index in [1.165, 1.54) is 5.56 Å². The van der Waals surface area contributed by atoms with Gasteiger partial charge in [0.05, 0.1) is 26.2 Å². The van der Waals surface area contributed by atoms with Gasteiger partial charge in [-0.2, -0.15) is 0 Å². The third kappa shape index (κ3) is 4.45. The molecule has 0 unspecified atom stereocenters. The second kappa shape index (κ2) is 9.24. The molecule has 0 aliphatic heterocycles. The van der Waals surface area contributed by atoms with E-state index in [2.05, 4.69) is 48.0 Å². The summed E-state index contributed by atoms with van der Waals surface area (Å²) in [5, 5.41) is 0.683. The number of rotatable bonds is 8. The van der Waals surface area contributed by atoms with E-state index in [1.807, 2.05) is 18.2 Å². The Morgan fingerprint density at radius 2 is 1.82 bits per heavy atom. The quantitative estimate of drug-likeness (QED) is 0.367. The Labute approximate surface area is 203 Å². The topological polar surface area (TPSA) is 67.5 Å². The van der Waals surface area contributed by atoms with Gasteiger partial charge in [-0.15, -0.1) is 11.3 Å². The van der Waals surface area contributed by atoms with Gasteiger partial charge in [-0.05, 0) is 50.5 Å². The molecule has 2 aromatic carbocycles. The highest BCUT2D eigenvalue weighted by Gasteiger charge is 2.30. The first kappa shape index (κ1) is 22.6. The van der Waals surface area contributed by atoms with Crippen molar-refractivity contribution in [2.24, 2.45) is 0 Å². The molecule has 5 rings (SSSR count). The Balaban J connectivity index is 1.47. The number of nitrogens with one attached hydrogen (secondary N) is 1. The molecule has 1 saturated carbocycles. The normalized spacial score (nSPS) is 13.6. The van der Waals surface area contributed by atoms with Crippen molar-refractivity contribution in [1.82, 2.24) is 14.9 Å². The molecule has 34 heavy (non-hydrogen) atoms. The fourth-order valence-electron chi connectivity index (χ4n) is 4.48. The van der Waals surface area contributed by atoms with E-state index in [0.717, 1.165) is 50.7 Å². The van der Waals surface area contributed by atoms with Gasteiger partial charge in [-0.3, -0.25) is 9.69 Å². The molecule has 2 aromatic heterocycles.